The van der Waals surface area contributed by atoms with Crippen molar-refractivity contribution in [2.24, 2.45) is 0 Å². The van der Waals surface area contributed by atoms with Crippen LogP contribution in [0.1, 0.15) is 17.9 Å². The Hall–Kier alpha value is -3.14. The highest BCUT2D eigenvalue weighted by Crippen LogP contribution is 2.45. The topological polar surface area (TPSA) is 108 Å². The molecule has 0 saturated carbocycles. The van der Waals surface area contributed by atoms with Crippen molar-refractivity contribution in [2.45, 2.75) is 17.2 Å². The lowest BCUT2D eigenvalue weighted by atomic mass is 9.79. The third-order valence-corrected chi connectivity index (χ3v) is 7.47. The van der Waals surface area contributed by atoms with Gasteiger partial charge in [0.2, 0.25) is 0 Å². The summed E-state index contributed by atoms with van der Waals surface area (Å²) >= 11 is 13.0. The van der Waals surface area contributed by atoms with Crippen LogP contribution in [-0.2, 0) is 39.4 Å². The summed E-state index contributed by atoms with van der Waals surface area (Å²) in [4.78, 5) is 39.0. The Morgan fingerprint density at radius 2 is 1.39 bits per heavy atom. The standard InChI is InChI=1S/C25H23Cl2NO7S/c1-33-19(29)12-17-21(24(30)34-2)23(20-15(26)10-7-11-16(20)27)22(25(31)35-3)18(28-17)13-36(32)14-8-5-4-6-9-14/h4-11,23,28H,12-13H2,1-3H3. The molecule has 2 unspecified atom stereocenters. The molecule has 2 atom stereocenters. The summed E-state index contributed by atoms with van der Waals surface area (Å²) in [5.74, 6) is -3.64. The van der Waals surface area contributed by atoms with E-state index in [1.54, 1.807) is 48.5 Å². The van der Waals surface area contributed by atoms with E-state index < -0.39 is 34.6 Å². The first-order valence-corrected chi connectivity index (χ1v) is 12.6. The zero-order valence-corrected chi connectivity index (χ0v) is 22.0. The molecule has 2 aromatic rings. The summed E-state index contributed by atoms with van der Waals surface area (Å²) in [6.07, 6.45) is -0.366. The van der Waals surface area contributed by atoms with Crippen LogP contribution < -0.4 is 5.32 Å². The number of carbonyl (C=O) groups excluding carboxylic acids is 3. The van der Waals surface area contributed by atoms with Crippen molar-refractivity contribution in [2.75, 3.05) is 27.1 Å². The number of nitrogens with one attached hydrogen (secondary N) is 1. The van der Waals surface area contributed by atoms with E-state index in [9.17, 15) is 18.6 Å². The lowest BCUT2D eigenvalue weighted by Gasteiger charge is -2.32. The number of ether oxygens (including phenoxy) is 3. The molecule has 1 aliphatic heterocycles. The van der Waals surface area contributed by atoms with Crippen molar-refractivity contribution in [3.8, 4) is 0 Å². The smallest absolute Gasteiger partial charge is 0.336 e. The minimum Gasteiger partial charge on any atom is -0.469 e. The Bertz CT molecular complexity index is 1250. The highest BCUT2D eigenvalue weighted by Gasteiger charge is 2.42. The van der Waals surface area contributed by atoms with Crippen LogP contribution in [0.4, 0.5) is 0 Å². The molecule has 3 rings (SSSR count). The molecule has 0 amide bonds. The van der Waals surface area contributed by atoms with Gasteiger partial charge in [-0.2, -0.15) is 0 Å². The number of rotatable bonds is 8. The van der Waals surface area contributed by atoms with E-state index in [1.165, 1.54) is 14.2 Å². The molecule has 0 saturated heterocycles. The van der Waals surface area contributed by atoms with Crippen molar-refractivity contribution >= 4 is 51.9 Å². The molecule has 0 radical (unpaired) electrons. The van der Waals surface area contributed by atoms with Gasteiger partial charge in [0.15, 0.2) is 0 Å². The molecule has 0 spiro atoms. The molecule has 11 heteroatoms. The van der Waals surface area contributed by atoms with Crippen LogP contribution in [0.5, 0.6) is 0 Å². The Labute approximate surface area is 220 Å². The largest absolute Gasteiger partial charge is 0.469 e. The molecule has 1 aliphatic rings. The molecule has 190 valence electrons. The molecule has 0 fully saturated rings. The third-order valence-electron chi connectivity index (χ3n) is 5.46. The fraction of sp³-hybridized carbons (Fsp3) is 0.240. The highest BCUT2D eigenvalue weighted by atomic mass is 35.5. The third kappa shape index (κ3) is 5.80. The fourth-order valence-corrected chi connectivity index (χ4v) is 5.58. The van der Waals surface area contributed by atoms with Gasteiger partial charge >= 0.3 is 17.9 Å². The fourth-order valence-electron chi connectivity index (χ4n) is 3.84. The summed E-state index contributed by atoms with van der Waals surface area (Å²) in [7, 11) is 1.94. The van der Waals surface area contributed by atoms with Crippen molar-refractivity contribution in [1.29, 1.82) is 0 Å². The van der Waals surface area contributed by atoms with Crippen molar-refractivity contribution < 1.29 is 32.8 Å². The first-order valence-electron chi connectivity index (χ1n) is 10.6. The van der Waals surface area contributed by atoms with Gasteiger partial charge < -0.3 is 19.5 Å². The number of carbonyl (C=O) groups is 3. The maximum absolute atomic E-state index is 13.2. The second-order valence-electron chi connectivity index (χ2n) is 7.52. The van der Waals surface area contributed by atoms with Crippen LogP contribution in [0.15, 0.2) is 76.0 Å². The summed E-state index contributed by atoms with van der Waals surface area (Å²) in [5.41, 5.74) is 0.394. The van der Waals surface area contributed by atoms with Crippen LogP contribution in [0.3, 0.4) is 0 Å². The number of methoxy groups -OCH3 is 3. The quantitative estimate of drug-likeness (QED) is 0.388. The molecule has 2 aromatic carbocycles. The van der Waals surface area contributed by atoms with E-state index in [1.807, 2.05) is 0 Å². The van der Waals surface area contributed by atoms with Gasteiger partial charge in [0.1, 0.15) is 0 Å². The number of hydrogen-bond acceptors (Lipinski definition) is 8. The van der Waals surface area contributed by atoms with Crippen LogP contribution in [0.2, 0.25) is 10.0 Å². The van der Waals surface area contributed by atoms with E-state index in [-0.39, 0.29) is 50.3 Å². The predicted octanol–water partition coefficient (Wildman–Crippen LogP) is 3.91. The molecule has 0 bridgehead atoms. The molecule has 36 heavy (non-hydrogen) atoms. The maximum atomic E-state index is 13.2. The van der Waals surface area contributed by atoms with Gasteiger partial charge in [-0.05, 0) is 24.3 Å². The number of esters is 3. The van der Waals surface area contributed by atoms with Gasteiger partial charge in [-0.25, -0.2) is 9.59 Å². The van der Waals surface area contributed by atoms with E-state index in [2.05, 4.69) is 5.32 Å². The van der Waals surface area contributed by atoms with Gasteiger partial charge in [-0.1, -0.05) is 47.5 Å². The minimum absolute atomic E-state index is 0.0363. The normalized spacial score (nSPS) is 16.2. The molecule has 8 nitrogen and oxygen atoms in total. The Morgan fingerprint density at radius 1 is 0.833 bits per heavy atom. The second-order valence-corrected chi connectivity index (χ2v) is 9.78. The number of benzene rings is 2. The number of halogens is 2. The van der Waals surface area contributed by atoms with Gasteiger partial charge in [-0.3, -0.25) is 9.00 Å². The minimum atomic E-state index is -1.60. The van der Waals surface area contributed by atoms with E-state index in [0.29, 0.717) is 4.90 Å². The summed E-state index contributed by atoms with van der Waals surface area (Å²) in [6.45, 7) is 0. The molecular formula is C25H23Cl2NO7S. The highest BCUT2D eigenvalue weighted by molar-refractivity contribution is 7.85. The molecule has 1 N–H and O–H groups in total. The van der Waals surface area contributed by atoms with E-state index >= 15 is 0 Å². The van der Waals surface area contributed by atoms with Crippen LogP contribution >= 0.6 is 23.2 Å². The molecular weight excluding hydrogens is 529 g/mol. The SMILES string of the molecule is COC(=O)CC1=C(C(=O)OC)C(c2c(Cl)cccc2Cl)C(C(=O)OC)=C(CS(=O)c2ccccc2)N1. The summed E-state index contributed by atoms with van der Waals surface area (Å²) in [6, 6.07) is 13.3. The lowest BCUT2D eigenvalue weighted by Crippen LogP contribution is -2.36. The maximum Gasteiger partial charge on any atom is 0.336 e. The lowest BCUT2D eigenvalue weighted by molar-refractivity contribution is -0.139. The monoisotopic (exact) mass is 551 g/mol. The van der Waals surface area contributed by atoms with Crippen LogP contribution in [0.25, 0.3) is 0 Å². The second kappa shape index (κ2) is 12.2. The Morgan fingerprint density at radius 3 is 1.92 bits per heavy atom. The van der Waals surface area contributed by atoms with Crippen molar-refractivity contribution in [1.82, 2.24) is 5.32 Å². The zero-order chi connectivity index (χ0) is 26.4. The van der Waals surface area contributed by atoms with Crippen LogP contribution in [-0.4, -0.2) is 49.2 Å². The number of dihydropyridines is 1. The average molecular weight is 552 g/mol. The Balaban J connectivity index is 2.32. The average Bonchev–Trinajstić information content (AvgIpc) is 2.88. The van der Waals surface area contributed by atoms with Gasteiger partial charge in [0.25, 0.3) is 0 Å². The van der Waals surface area contributed by atoms with Gasteiger partial charge in [0.05, 0.1) is 61.4 Å². The summed E-state index contributed by atoms with van der Waals surface area (Å²) in [5, 5.41) is 3.30. The van der Waals surface area contributed by atoms with Gasteiger partial charge in [0, 0.05) is 31.9 Å². The molecule has 1 heterocycles. The first-order chi connectivity index (χ1) is 17.2. The van der Waals surface area contributed by atoms with Gasteiger partial charge in [-0.15, -0.1) is 0 Å². The van der Waals surface area contributed by atoms with E-state index in [4.69, 9.17) is 37.4 Å². The Kier molecular flexibility index (Phi) is 9.31. The summed E-state index contributed by atoms with van der Waals surface area (Å²) < 4.78 is 28.1. The van der Waals surface area contributed by atoms with Crippen molar-refractivity contribution in [3.63, 3.8) is 0 Å². The molecule has 0 aliphatic carbocycles. The molecule has 0 aromatic heterocycles. The predicted molar refractivity (Wildman–Crippen MR) is 135 cm³/mol. The van der Waals surface area contributed by atoms with E-state index in [0.717, 1.165) is 7.11 Å². The number of hydrogen-bond donors (Lipinski definition) is 1. The zero-order valence-electron chi connectivity index (χ0n) is 19.6. The first kappa shape index (κ1) is 27.4. The van der Waals surface area contributed by atoms with Crippen molar-refractivity contribution in [3.05, 3.63) is 86.7 Å². The van der Waals surface area contributed by atoms with Crippen LogP contribution in [0, 0.1) is 0 Å².